The van der Waals surface area contributed by atoms with Gasteiger partial charge in [0.2, 0.25) is 0 Å². The van der Waals surface area contributed by atoms with Crippen molar-refractivity contribution in [2.75, 3.05) is 11.9 Å². The van der Waals surface area contributed by atoms with Crippen molar-refractivity contribution in [2.24, 2.45) is 0 Å². The largest absolute Gasteiger partial charge is 0.370 e. The van der Waals surface area contributed by atoms with Gasteiger partial charge in [0.1, 0.15) is 11.6 Å². The summed E-state index contributed by atoms with van der Waals surface area (Å²) in [7, 11) is 0. The predicted octanol–water partition coefficient (Wildman–Crippen LogP) is 4.15. The lowest BCUT2D eigenvalue weighted by molar-refractivity contribution is 0.420. The normalized spacial score (nSPS) is 14.9. The van der Waals surface area contributed by atoms with Crippen LogP contribution in [0.25, 0.3) is 11.3 Å². The molecule has 0 spiro atoms. The molecule has 1 fully saturated rings. The van der Waals surface area contributed by atoms with Gasteiger partial charge in [-0.2, -0.15) is 0 Å². The molecule has 104 valence electrons. The molecule has 2 aromatic rings. The quantitative estimate of drug-likeness (QED) is 0.904. The summed E-state index contributed by atoms with van der Waals surface area (Å²) in [6.07, 6.45) is 4.07. The van der Waals surface area contributed by atoms with Gasteiger partial charge in [0.05, 0.1) is 5.69 Å². The van der Waals surface area contributed by atoms with Crippen LogP contribution in [-0.4, -0.2) is 16.5 Å². The zero-order chi connectivity index (χ0) is 13.9. The lowest BCUT2D eigenvalue weighted by atomic mass is 9.80. The minimum atomic E-state index is 0.786. The van der Waals surface area contributed by atoms with Crippen LogP contribution in [0.15, 0.2) is 30.3 Å². The number of benzene rings is 1. The van der Waals surface area contributed by atoms with E-state index in [1.54, 1.807) is 0 Å². The SMILES string of the molecule is CCNc1cc(-c2ccc(C3CCC3)cc2)nc(C)n1. The maximum Gasteiger partial charge on any atom is 0.130 e. The third-order valence-electron chi connectivity index (χ3n) is 3.98. The van der Waals surface area contributed by atoms with Gasteiger partial charge in [-0.25, -0.2) is 9.97 Å². The fourth-order valence-electron chi connectivity index (χ4n) is 2.65. The zero-order valence-corrected chi connectivity index (χ0v) is 12.2. The Morgan fingerprint density at radius 2 is 1.90 bits per heavy atom. The maximum absolute atomic E-state index is 4.54. The van der Waals surface area contributed by atoms with E-state index in [1.165, 1.54) is 24.8 Å². The van der Waals surface area contributed by atoms with Crippen molar-refractivity contribution in [3.05, 3.63) is 41.7 Å². The Morgan fingerprint density at radius 1 is 1.15 bits per heavy atom. The van der Waals surface area contributed by atoms with Crippen LogP contribution in [-0.2, 0) is 0 Å². The molecule has 0 aliphatic heterocycles. The molecule has 1 aliphatic carbocycles. The minimum absolute atomic E-state index is 0.786. The first-order chi connectivity index (χ1) is 9.76. The number of rotatable bonds is 4. The van der Waals surface area contributed by atoms with Gasteiger partial charge in [0.15, 0.2) is 0 Å². The van der Waals surface area contributed by atoms with Crippen molar-refractivity contribution >= 4 is 5.82 Å². The number of aryl methyl sites for hydroxylation is 1. The molecule has 0 radical (unpaired) electrons. The third kappa shape index (κ3) is 2.67. The fraction of sp³-hybridized carbons (Fsp3) is 0.412. The van der Waals surface area contributed by atoms with E-state index < -0.39 is 0 Å². The summed E-state index contributed by atoms with van der Waals surface area (Å²) < 4.78 is 0. The predicted molar refractivity (Wildman–Crippen MR) is 83.0 cm³/mol. The van der Waals surface area contributed by atoms with E-state index in [-0.39, 0.29) is 0 Å². The first-order valence-electron chi connectivity index (χ1n) is 7.46. The molecule has 1 aromatic heterocycles. The molecule has 0 saturated heterocycles. The highest BCUT2D eigenvalue weighted by molar-refractivity contribution is 5.63. The van der Waals surface area contributed by atoms with Gasteiger partial charge in [0, 0.05) is 18.2 Å². The number of anilines is 1. The van der Waals surface area contributed by atoms with E-state index in [2.05, 4.69) is 46.5 Å². The van der Waals surface area contributed by atoms with Crippen LogP contribution in [0.5, 0.6) is 0 Å². The van der Waals surface area contributed by atoms with Gasteiger partial charge in [-0.15, -0.1) is 0 Å². The van der Waals surface area contributed by atoms with E-state index in [0.29, 0.717) is 0 Å². The molecule has 1 saturated carbocycles. The summed E-state index contributed by atoms with van der Waals surface area (Å²) in [6.45, 7) is 4.88. The Balaban J connectivity index is 1.87. The Kier molecular flexibility index (Phi) is 3.68. The van der Waals surface area contributed by atoms with Gasteiger partial charge in [-0.05, 0) is 38.2 Å². The summed E-state index contributed by atoms with van der Waals surface area (Å²) in [5.74, 6) is 2.49. The van der Waals surface area contributed by atoms with Crippen molar-refractivity contribution in [2.45, 2.75) is 39.0 Å². The fourth-order valence-corrected chi connectivity index (χ4v) is 2.65. The highest BCUT2D eigenvalue weighted by atomic mass is 15.0. The van der Waals surface area contributed by atoms with E-state index >= 15 is 0 Å². The number of nitrogens with one attached hydrogen (secondary N) is 1. The Morgan fingerprint density at radius 3 is 2.50 bits per heavy atom. The third-order valence-corrected chi connectivity index (χ3v) is 3.98. The number of hydrogen-bond acceptors (Lipinski definition) is 3. The van der Waals surface area contributed by atoms with Crippen molar-refractivity contribution in [3.63, 3.8) is 0 Å². The Hall–Kier alpha value is -1.90. The van der Waals surface area contributed by atoms with Gasteiger partial charge >= 0.3 is 0 Å². The molecule has 3 nitrogen and oxygen atoms in total. The second kappa shape index (κ2) is 5.61. The number of hydrogen-bond donors (Lipinski definition) is 1. The average molecular weight is 267 g/mol. The molecule has 0 unspecified atom stereocenters. The molecule has 3 rings (SSSR count). The van der Waals surface area contributed by atoms with Gasteiger partial charge in [-0.3, -0.25) is 0 Å². The van der Waals surface area contributed by atoms with Crippen LogP contribution in [0, 0.1) is 6.92 Å². The van der Waals surface area contributed by atoms with Crippen molar-refractivity contribution < 1.29 is 0 Å². The summed E-state index contributed by atoms with van der Waals surface area (Å²) in [5.41, 5.74) is 3.63. The zero-order valence-electron chi connectivity index (χ0n) is 12.2. The standard InChI is InChI=1S/C17H21N3/c1-3-18-17-11-16(19-12(2)20-17)15-9-7-14(8-10-15)13-5-4-6-13/h7-11,13H,3-6H2,1-2H3,(H,18,19,20). The minimum Gasteiger partial charge on any atom is -0.370 e. The average Bonchev–Trinajstić information content (AvgIpc) is 2.37. The van der Waals surface area contributed by atoms with Crippen LogP contribution in [0.2, 0.25) is 0 Å². The van der Waals surface area contributed by atoms with Crippen molar-refractivity contribution in [1.82, 2.24) is 9.97 Å². The molecule has 1 aromatic carbocycles. The Bertz CT molecular complexity index is 586. The molecule has 1 heterocycles. The highest BCUT2D eigenvalue weighted by Gasteiger charge is 2.19. The van der Waals surface area contributed by atoms with Crippen LogP contribution in [0.4, 0.5) is 5.82 Å². The molecule has 0 atom stereocenters. The first kappa shape index (κ1) is 13.1. The van der Waals surface area contributed by atoms with E-state index in [4.69, 9.17) is 0 Å². The van der Waals surface area contributed by atoms with Crippen molar-refractivity contribution in [1.29, 1.82) is 0 Å². The van der Waals surface area contributed by atoms with Crippen LogP contribution < -0.4 is 5.32 Å². The van der Waals surface area contributed by atoms with Crippen molar-refractivity contribution in [3.8, 4) is 11.3 Å². The van der Waals surface area contributed by atoms with Gasteiger partial charge in [0.25, 0.3) is 0 Å². The molecular formula is C17H21N3. The maximum atomic E-state index is 4.54. The smallest absolute Gasteiger partial charge is 0.130 e. The summed E-state index contributed by atoms with van der Waals surface area (Å²) in [4.78, 5) is 8.94. The molecule has 20 heavy (non-hydrogen) atoms. The molecular weight excluding hydrogens is 246 g/mol. The lowest BCUT2D eigenvalue weighted by Gasteiger charge is -2.25. The number of nitrogens with zero attached hydrogens (tertiary/aromatic N) is 2. The van der Waals surface area contributed by atoms with Gasteiger partial charge in [-0.1, -0.05) is 30.7 Å². The molecule has 0 bridgehead atoms. The second-order valence-electron chi connectivity index (χ2n) is 5.47. The number of aromatic nitrogens is 2. The van der Waals surface area contributed by atoms with E-state index in [1.807, 2.05) is 13.0 Å². The summed E-state index contributed by atoms with van der Waals surface area (Å²) >= 11 is 0. The molecule has 1 N–H and O–H groups in total. The Labute approximate surface area is 120 Å². The van der Waals surface area contributed by atoms with Crippen LogP contribution >= 0.6 is 0 Å². The van der Waals surface area contributed by atoms with Crippen LogP contribution in [0.3, 0.4) is 0 Å². The summed E-state index contributed by atoms with van der Waals surface area (Å²) in [6, 6.07) is 10.9. The highest BCUT2D eigenvalue weighted by Crippen LogP contribution is 2.36. The molecule has 0 amide bonds. The second-order valence-corrected chi connectivity index (χ2v) is 5.47. The van der Waals surface area contributed by atoms with E-state index in [0.717, 1.165) is 35.4 Å². The first-order valence-corrected chi connectivity index (χ1v) is 7.46. The van der Waals surface area contributed by atoms with Crippen LogP contribution in [0.1, 0.15) is 43.5 Å². The monoisotopic (exact) mass is 267 g/mol. The molecule has 1 aliphatic rings. The molecule has 3 heteroatoms. The summed E-state index contributed by atoms with van der Waals surface area (Å²) in [5, 5.41) is 3.26. The lowest BCUT2D eigenvalue weighted by Crippen LogP contribution is -2.08. The van der Waals surface area contributed by atoms with Gasteiger partial charge < -0.3 is 5.32 Å². The van der Waals surface area contributed by atoms with E-state index in [9.17, 15) is 0 Å². The topological polar surface area (TPSA) is 37.8 Å².